The van der Waals surface area contributed by atoms with E-state index in [9.17, 15) is 4.79 Å². The van der Waals surface area contributed by atoms with Gasteiger partial charge in [0, 0.05) is 43.5 Å². The quantitative estimate of drug-likeness (QED) is 0.287. The third kappa shape index (κ3) is 7.02. The Balaban J connectivity index is 0.00000300. The largest absolute Gasteiger partial charge is 0.469 e. The number of halogens is 2. The maximum absolute atomic E-state index is 11.9. The fourth-order valence-corrected chi connectivity index (χ4v) is 3.41. The molecule has 1 amide bonds. The minimum atomic E-state index is -0.0275. The van der Waals surface area contributed by atoms with Crippen molar-refractivity contribution in [1.82, 2.24) is 15.5 Å². The molecule has 29 heavy (non-hydrogen) atoms. The number of carbonyl (C=O) groups excluding carboxylic acids is 1. The van der Waals surface area contributed by atoms with Crippen LogP contribution < -0.4 is 10.6 Å². The van der Waals surface area contributed by atoms with Crippen LogP contribution in [0.2, 0.25) is 0 Å². The molecule has 1 aromatic heterocycles. The fraction of sp³-hybridized carbons (Fsp3) is 0.429. The van der Waals surface area contributed by atoms with Gasteiger partial charge in [-0.3, -0.25) is 4.79 Å². The maximum atomic E-state index is 11.9. The van der Waals surface area contributed by atoms with Gasteiger partial charge >= 0.3 is 0 Å². The summed E-state index contributed by atoms with van der Waals surface area (Å²) in [6, 6.07) is 12.3. The van der Waals surface area contributed by atoms with E-state index < -0.39 is 0 Å². The van der Waals surface area contributed by atoms with Gasteiger partial charge in [0.2, 0.25) is 5.91 Å². The Labute approximate surface area is 197 Å². The van der Waals surface area contributed by atoms with E-state index in [0.717, 1.165) is 36.0 Å². The first kappa shape index (κ1) is 23.7. The van der Waals surface area contributed by atoms with E-state index in [-0.39, 0.29) is 41.8 Å². The second kappa shape index (κ2) is 11.0. The van der Waals surface area contributed by atoms with Gasteiger partial charge in [0.25, 0.3) is 0 Å². The van der Waals surface area contributed by atoms with Crippen molar-refractivity contribution in [2.75, 3.05) is 33.7 Å². The summed E-state index contributed by atoms with van der Waals surface area (Å²) >= 11 is 3.56. The van der Waals surface area contributed by atoms with Crippen molar-refractivity contribution < 1.29 is 9.21 Å². The highest BCUT2D eigenvalue weighted by Crippen LogP contribution is 2.48. The zero-order valence-corrected chi connectivity index (χ0v) is 20.7. The van der Waals surface area contributed by atoms with Crippen molar-refractivity contribution in [3.05, 3.63) is 58.5 Å². The number of furan rings is 1. The lowest BCUT2D eigenvalue weighted by Gasteiger charge is -2.20. The number of amides is 1. The number of nitrogens with zero attached hydrogens (tertiary/aromatic N) is 2. The van der Waals surface area contributed by atoms with Crippen LogP contribution in [0.25, 0.3) is 0 Å². The van der Waals surface area contributed by atoms with Gasteiger partial charge in [-0.15, -0.1) is 24.0 Å². The van der Waals surface area contributed by atoms with E-state index >= 15 is 0 Å². The third-order valence-corrected chi connectivity index (χ3v) is 5.49. The Morgan fingerprint density at radius 3 is 2.66 bits per heavy atom. The molecule has 2 aromatic rings. The summed E-state index contributed by atoms with van der Waals surface area (Å²) in [7, 11) is 3.48. The van der Waals surface area contributed by atoms with Crippen molar-refractivity contribution in [2.45, 2.75) is 24.7 Å². The summed E-state index contributed by atoms with van der Waals surface area (Å²) in [5, 5.41) is 6.75. The number of rotatable bonds is 8. The maximum Gasteiger partial charge on any atom is 0.243 e. The van der Waals surface area contributed by atoms with E-state index in [1.54, 1.807) is 25.3 Å². The molecule has 158 valence electrons. The van der Waals surface area contributed by atoms with Crippen LogP contribution in [0.1, 0.15) is 24.2 Å². The fourth-order valence-electron chi connectivity index (χ4n) is 3.01. The lowest BCUT2D eigenvalue weighted by Crippen LogP contribution is -2.42. The molecule has 1 aromatic carbocycles. The number of carbonyl (C=O) groups is 1. The van der Waals surface area contributed by atoms with Gasteiger partial charge in [-0.1, -0.05) is 28.1 Å². The van der Waals surface area contributed by atoms with Crippen LogP contribution in [0.3, 0.4) is 0 Å². The van der Waals surface area contributed by atoms with Crippen LogP contribution in [0.5, 0.6) is 0 Å². The van der Waals surface area contributed by atoms with E-state index in [0.29, 0.717) is 12.5 Å². The zero-order valence-electron chi connectivity index (χ0n) is 16.8. The molecule has 8 heteroatoms. The van der Waals surface area contributed by atoms with Gasteiger partial charge in [0.1, 0.15) is 12.3 Å². The molecule has 3 rings (SSSR count). The van der Waals surface area contributed by atoms with Gasteiger partial charge in [-0.2, -0.15) is 0 Å². The predicted octanol–water partition coefficient (Wildman–Crippen LogP) is 3.56. The van der Waals surface area contributed by atoms with Crippen LogP contribution in [0.15, 0.2) is 56.5 Å². The van der Waals surface area contributed by atoms with Gasteiger partial charge < -0.3 is 20.0 Å². The molecule has 1 fully saturated rings. The molecule has 0 spiro atoms. The number of hydrogen-bond donors (Lipinski definition) is 2. The number of nitrogens with one attached hydrogen (secondary N) is 2. The summed E-state index contributed by atoms with van der Waals surface area (Å²) in [6.45, 7) is 1.58. The molecule has 2 N–H and O–H groups in total. The Morgan fingerprint density at radius 1 is 1.24 bits per heavy atom. The Bertz CT molecular complexity index is 820. The van der Waals surface area contributed by atoms with Crippen molar-refractivity contribution in [3.8, 4) is 0 Å². The Morgan fingerprint density at radius 2 is 2.03 bits per heavy atom. The van der Waals surface area contributed by atoms with Gasteiger partial charge in [-0.25, -0.2) is 4.99 Å². The van der Waals surface area contributed by atoms with Crippen molar-refractivity contribution in [3.63, 3.8) is 0 Å². The van der Waals surface area contributed by atoms with Crippen LogP contribution in [0.4, 0.5) is 0 Å². The van der Waals surface area contributed by atoms with Crippen LogP contribution in [-0.2, 0) is 16.6 Å². The summed E-state index contributed by atoms with van der Waals surface area (Å²) in [6.07, 6.45) is 4.72. The summed E-state index contributed by atoms with van der Waals surface area (Å²) in [4.78, 5) is 17.9. The standard InChI is InChI=1S/C21H27BrN4O2.HI/c1-26(2)19(27)14-24-20(23-11-8-18-7-4-12-28-18)25-15-21(9-10-21)16-5-3-6-17(22)13-16;/h3-7,12-13H,8-11,14-15H2,1-2H3,(H2,23,24,25);1H. The molecular weight excluding hydrogens is 547 g/mol. The molecule has 1 aliphatic carbocycles. The van der Waals surface area contributed by atoms with Crippen LogP contribution >= 0.6 is 39.9 Å². The summed E-state index contributed by atoms with van der Waals surface area (Å²) < 4.78 is 6.47. The highest BCUT2D eigenvalue weighted by atomic mass is 127. The first-order valence-corrected chi connectivity index (χ1v) is 10.3. The van der Waals surface area contributed by atoms with Crippen LogP contribution in [0, 0.1) is 0 Å². The molecule has 0 atom stereocenters. The highest BCUT2D eigenvalue weighted by Gasteiger charge is 2.44. The lowest BCUT2D eigenvalue weighted by molar-refractivity contribution is -0.127. The number of guanidine groups is 1. The second-order valence-electron chi connectivity index (χ2n) is 7.35. The van der Waals surface area contributed by atoms with E-state index in [4.69, 9.17) is 4.42 Å². The molecular formula is C21H28BrIN4O2. The van der Waals surface area contributed by atoms with Crippen molar-refractivity contribution in [1.29, 1.82) is 0 Å². The number of aliphatic imine (C=N–C) groups is 1. The predicted molar refractivity (Wildman–Crippen MR) is 130 cm³/mol. The van der Waals surface area contributed by atoms with Crippen molar-refractivity contribution >= 4 is 51.8 Å². The first-order valence-electron chi connectivity index (χ1n) is 9.49. The van der Waals surface area contributed by atoms with E-state index in [1.807, 2.05) is 18.2 Å². The number of likely N-dealkylation sites (N-methyl/N-ethyl adjacent to an activating group) is 1. The van der Waals surface area contributed by atoms with Gasteiger partial charge in [0.05, 0.1) is 6.26 Å². The highest BCUT2D eigenvalue weighted by molar-refractivity contribution is 14.0. The molecule has 0 radical (unpaired) electrons. The lowest BCUT2D eigenvalue weighted by atomic mass is 9.96. The minimum absolute atomic E-state index is 0. The van der Waals surface area contributed by atoms with E-state index in [2.05, 4.69) is 49.8 Å². The van der Waals surface area contributed by atoms with Crippen LogP contribution in [-0.4, -0.2) is 50.5 Å². The molecule has 6 nitrogen and oxygen atoms in total. The SMILES string of the molecule is CN(C)C(=O)CN=C(NCCc1ccco1)NCC1(c2cccc(Br)c2)CC1.I. The smallest absolute Gasteiger partial charge is 0.243 e. The molecule has 1 saturated carbocycles. The monoisotopic (exact) mass is 574 g/mol. The molecule has 0 saturated heterocycles. The molecule has 0 unspecified atom stereocenters. The number of benzene rings is 1. The summed E-state index contributed by atoms with van der Waals surface area (Å²) in [5.74, 6) is 1.55. The Hall–Kier alpha value is -1.55. The van der Waals surface area contributed by atoms with Crippen molar-refractivity contribution in [2.24, 2.45) is 4.99 Å². The molecule has 1 aliphatic rings. The van der Waals surface area contributed by atoms with Gasteiger partial charge in [0.15, 0.2) is 5.96 Å². The van der Waals surface area contributed by atoms with Gasteiger partial charge in [-0.05, 0) is 42.7 Å². The van der Waals surface area contributed by atoms with E-state index in [1.165, 1.54) is 5.56 Å². The second-order valence-corrected chi connectivity index (χ2v) is 8.27. The normalized spacial score (nSPS) is 14.7. The topological polar surface area (TPSA) is 69.9 Å². The third-order valence-electron chi connectivity index (χ3n) is 5.00. The Kier molecular flexibility index (Phi) is 9.01. The molecule has 0 aliphatic heterocycles. The zero-order chi connectivity index (χ0) is 20.0. The molecule has 1 heterocycles. The minimum Gasteiger partial charge on any atom is -0.469 e. The average Bonchev–Trinajstić information content (AvgIpc) is 3.29. The summed E-state index contributed by atoms with van der Waals surface area (Å²) in [5.41, 5.74) is 1.47. The molecule has 0 bridgehead atoms. The first-order chi connectivity index (χ1) is 13.5. The number of hydrogen-bond acceptors (Lipinski definition) is 3. The average molecular weight is 575 g/mol.